The van der Waals surface area contributed by atoms with E-state index in [-0.39, 0.29) is 5.41 Å². The van der Waals surface area contributed by atoms with Crippen molar-refractivity contribution < 1.29 is 15.0 Å². The molecule has 0 bridgehead atoms. The second-order valence-electron chi connectivity index (χ2n) is 5.05. The number of phenolic OH excluding ortho intramolecular Hbond substituents is 1. The maximum atomic E-state index is 9.91. The van der Waals surface area contributed by atoms with E-state index in [2.05, 4.69) is 32.6 Å². The van der Waals surface area contributed by atoms with E-state index in [1.807, 2.05) is 36.4 Å². The zero-order chi connectivity index (χ0) is 15.9. The van der Waals surface area contributed by atoms with E-state index >= 15 is 0 Å². The van der Waals surface area contributed by atoms with E-state index in [1.165, 1.54) is 5.56 Å². The van der Waals surface area contributed by atoms with Gasteiger partial charge in [0.25, 0.3) is 0 Å². The minimum atomic E-state index is -0.981. The van der Waals surface area contributed by atoms with Crippen LogP contribution in [0.1, 0.15) is 25.0 Å². The number of hydrogen-bond acceptors (Lipinski definition) is 2. The molecule has 0 aliphatic rings. The standard InChI is InChI=1S/C15H16O.C3H4O2/c1-15(2,12-8-4-3-5-9-12)13-10-6-7-11-14(13)16;1-2-3(4)5/h3-11,16H,1-2H3;2H,1H2,(H,4,5). The molecule has 21 heavy (non-hydrogen) atoms. The second-order valence-corrected chi connectivity index (χ2v) is 5.05. The highest BCUT2D eigenvalue weighted by molar-refractivity contribution is 5.78. The van der Waals surface area contributed by atoms with Crippen LogP contribution in [-0.4, -0.2) is 16.2 Å². The Morgan fingerprint density at radius 2 is 1.52 bits per heavy atom. The van der Waals surface area contributed by atoms with Crippen molar-refractivity contribution in [3.8, 4) is 5.75 Å². The fourth-order valence-corrected chi connectivity index (χ4v) is 2.01. The summed E-state index contributed by atoms with van der Waals surface area (Å²) < 4.78 is 0. The van der Waals surface area contributed by atoms with Gasteiger partial charge in [-0.1, -0.05) is 69.0 Å². The Labute approximate surface area is 125 Å². The normalized spacial score (nSPS) is 10.2. The van der Waals surface area contributed by atoms with Gasteiger partial charge in [-0.3, -0.25) is 0 Å². The molecule has 0 aliphatic carbocycles. The molecule has 0 fully saturated rings. The molecule has 2 rings (SSSR count). The van der Waals surface area contributed by atoms with Crippen LogP contribution in [0.2, 0.25) is 0 Å². The number of rotatable bonds is 3. The number of hydrogen-bond donors (Lipinski definition) is 2. The van der Waals surface area contributed by atoms with Crippen molar-refractivity contribution in [2.24, 2.45) is 0 Å². The first kappa shape index (κ1) is 16.5. The Hall–Kier alpha value is -2.55. The van der Waals surface area contributed by atoms with E-state index < -0.39 is 5.97 Å². The lowest BCUT2D eigenvalue weighted by Gasteiger charge is -2.26. The zero-order valence-corrected chi connectivity index (χ0v) is 12.3. The Balaban J connectivity index is 0.000000383. The number of para-hydroxylation sites is 1. The summed E-state index contributed by atoms with van der Waals surface area (Å²) in [6.45, 7) is 7.21. The molecule has 2 N–H and O–H groups in total. The lowest BCUT2D eigenvalue weighted by atomic mass is 9.78. The molecule has 0 aromatic heterocycles. The first-order valence-electron chi connectivity index (χ1n) is 6.59. The van der Waals surface area contributed by atoms with Crippen LogP contribution < -0.4 is 0 Å². The molecule has 0 heterocycles. The van der Waals surface area contributed by atoms with Gasteiger partial charge in [0, 0.05) is 17.1 Å². The molecule has 2 aromatic rings. The van der Waals surface area contributed by atoms with Crippen LogP contribution in [0.25, 0.3) is 0 Å². The van der Waals surface area contributed by atoms with Gasteiger partial charge in [-0.05, 0) is 11.6 Å². The van der Waals surface area contributed by atoms with Crippen molar-refractivity contribution >= 4 is 5.97 Å². The van der Waals surface area contributed by atoms with Crippen LogP contribution in [0.4, 0.5) is 0 Å². The molecular weight excluding hydrogens is 264 g/mol. The Kier molecular flexibility index (Phi) is 5.73. The Morgan fingerprint density at radius 1 is 1.05 bits per heavy atom. The molecule has 110 valence electrons. The number of benzene rings is 2. The molecule has 0 saturated heterocycles. The fraction of sp³-hybridized carbons (Fsp3) is 0.167. The summed E-state index contributed by atoms with van der Waals surface area (Å²) in [6.07, 6.45) is 0.833. The van der Waals surface area contributed by atoms with Gasteiger partial charge in [-0.25, -0.2) is 4.79 Å². The average molecular weight is 284 g/mol. The van der Waals surface area contributed by atoms with Crippen molar-refractivity contribution in [2.45, 2.75) is 19.3 Å². The first-order chi connectivity index (χ1) is 9.89. The predicted octanol–water partition coefficient (Wildman–Crippen LogP) is 3.98. The maximum Gasteiger partial charge on any atom is 0.327 e. The number of carboxylic acids is 1. The highest BCUT2D eigenvalue weighted by Gasteiger charge is 2.25. The first-order valence-corrected chi connectivity index (χ1v) is 6.59. The van der Waals surface area contributed by atoms with Gasteiger partial charge in [0.1, 0.15) is 5.75 Å². The van der Waals surface area contributed by atoms with E-state index in [0.29, 0.717) is 5.75 Å². The van der Waals surface area contributed by atoms with Crippen LogP contribution in [0, 0.1) is 0 Å². The summed E-state index contributed by atoms with van der Waals surface area (Å²) in [5.41, 5.74) is 1.99. The smallest absolute Gasteiger partial charge is 0.327 e. The zero-order valence-electron chi connectivity index (χ0n) is 12.3. The second kappa shape index (κ2) is 7.29. The minimum Gasteiger partial charge on any atom is -0.508 e. The van der Waals surface area contributed by atoms with E-state index in [9.17, 15) is 9.90 Å². The lowest BCUT2D eigenvalue weighted by Crippen LogP contribution is -2.18. The van der Waals surface area contributed by atoms with E-state index in [1.54, 1.807) is 6.07 Å². The third kappa shape index (κ3) is 4.49. The topological polar surface area (TPSA) is 57.5 Å². The summed E-state index contributed by atoms with van der Waals surface area (Å²) in [4.78, 5) is 9.25. The third-order valence-corrected chi connectivity index (χ3v) is 3.25. The summed E-state index contributed by atoms with van der Waals surface area (Å²) in [7, 11) is 0. The number of carbonyl (C=O) groups is 1. The van der Waals surface area contributed by atoms with Crippen molar-refractivity contribution in [1.82, 2.24) is 0 Å². The number of phenols is 1. The molecule has 0 radical (unpaired) electrons. The average Bonchev–Trinajstić information content (AvgIpc) is 2.49. The van der Waals surface area contributed by atoms with Gasteiger partial charge in [0.05, 0.1) is 0 Å². The summed E-state index contributed by atoms with van der Waals surface area (Å²) >= 11 is 0. The van der Waals surface area contributed by atoms with Crippen LogP contribution in [0.15, 0.2) is 67.3 Å². The molecule has 0 atom stereocenters. The molecule has 0 aliphatic heterocycles. The van der Waals surface area contributed by atoms with Crippen molar-refractivity contribution in [3.63, 3.8) is 0 Å². The molecular formula is C18H20O3. The highest BCUT2D eigenvalue weighted by atomic mass is 16.4. The number of carboxylic acid groups (broad SMARTS) is 1. The molecule has 0 spiro atoms. The fourth-order valence-electron chi connectivity index (χ4n) is 2.01. The van der Waals surface area contributed by atoms with E-state index in [0.717, 1.165) is 11.6 Å². The van der Waals surface area contributed by atoms with Gasteiger partial charge in [-0.2, -0.15) is 0 Å². The van der Waals surface area contributed by atoms with Crippen LogP contribution in [0.5, 0.6) is 5.75 Å². The monoisotopic (exact) mass is 284 g/mol. The van der Waals surface area contributed by atoms with Gasteiger partial charge >= 0.3 is 5.97 Å². The molecule has 0 unspecified atom stereocenters. The summed E-state index contributed by atoms with van der Waals surface area (Å²) in [6, 6.07) is 17.7. The lowest BCUT2D eigenvalue weighted by molar-refractivity contribution is -0.131. The number of aliphatic carboxylic acids is 1. The summed E-state index contributed by atoms with van der Waals surface area (Å²) in [5.74, 6) is -0.624. The molecule has 3 heteroatoms. The largest absolute Gasteiger partial charge is 0.508 e. The van der Waals surface area contributed by atoms with E-state index in [4.69, 9.17) is 5.11 Å². The minimum absolute atomic E-state index is 0.174. The highest BCUT2D eigenvalue weighted by Crippen LogP contribution is 2.36. The van der Waals surface area contributed by atoms with Gasteiger partial charge in [-0.15, -0.1) is 0 Å². The van der Waals surface area contributed by atoms with Gasteiger partial charge < -0.3 is 10.2 Å². The van der Waals surface area contributed by atoms with Crippen molar-refractivity contribution in [2.75, 3.05) is 0 Å². The molecule has 3 nitrogen and oxygen atoms in total. The predicted molar refractivity (Wildman–Crippen MR) is 84.5 cm³/mol. The molecule has 0 saturated carbocycles. The van der Waals surface area contributed by atoms with Gasteiger partial charge in [0.2, 0.25) is 0 Å². The number of aromatic hydroxyl groups is 1. The molecule has 2 aromatic carbocycles. The Morgan fingerprint density at radius 3 is 2.00 bits per heavy atom. The quantitative estimate of drug-likeness (QED) is 0.838. The SMILES string of the molecule is C=CC(=O)O.CC(C)(c1ccccc1)c1ccccc1O. The molecule has 0 amide bonds. The van der Waals surface area contributed by atoms with Crippen molar-refractivity contribution in [1.29, 1.82) is 0 Å². The third-order valence-electron chi connectivity index (χ3n) is 3.25. The summed E-state index contributed by atoms with van der Waals surface area (Å²) in [5, 5.41) is 17.5. The van der Waals surface area contributed by atoms with Crippen LogP contribution in [-0.2, 0) is 10.2 Å². The van der Waals surface area contributed by atoms with Crippen molar-refractivity contribution in [3.05, 3.63) is 78.4 Å². The van der Waals surface area contributed by atoms with Gasteiger partial charge in [0.15, 0.2) is 0 Å². The van der Waals surface area contributed by atoms with Crippen LogP contribution in [0.3, 0.4) is 0 Å². The maximum absolute atomic E-state index is 9.91. The van der Waals surface area contributed by atoms with Crippen LogP contribution >= 0.6 is 0 Å². The Bertz CT molecular complexity index is 601.